The molecule has 5 nitrogen and oxygen atoms in total. The van der Waals surface area contributed by atoms with E-state index < -0.39 is 0 Å². The molecule has 1 aromatic rings. The lowest BCUT2D eigenvalue weighted by Gasteiger charge is -2.39. The molecule has 0 bridgehead atoms. The summed E-state index contributed by atoms with van der Waals surface area (Å²) in [5, 5.41) is 12.7. The minimum absolute atomic E-state index is 0.0123. The van der Waals surface area contributed by atoms with Crippen molar-refractivity contribution in [2.45, 2.75) is 64.5 Å². The van der Waals surface area contributed by atoms with Crippen LogP contribution in [0.1, 0.15) is 51.0 Å². The van der Waals surface area contributed by atoms with Gasteiger partial charge in [-0.25, -0.2) is 4.79 Å². The SMILES string of the molecule is Cc1c(NC(=O)N2CCCC(C)C2CO)cccc1OC1CCCC1. The maximum atomic E-state index is 12.8. The Labute approximate surface area is 150 Å². The second-order valence-electron chi connectivity index (χ2n) is 7.45. The zero-order valence-corrected chi connectivity index (χ0v) is 15.3. The minimum atomic E-state index is -0.133. The first kappa shape index (κ1) is 18.1. The molecule has 1 aliphatic heterocycles. The molecular formula is C20H30N2O3. The lowest BCUT2D eigenvalue weighted by atomic mass is 9.91. The molecule has 0 spiro atoms. The Balaban J connectivity index is 1.70. The van der Waals surface area contributed by atoms with E-state index in [1.807, 2.05) is 25.1 Å². The summed E-state index contributed by atoms with van der Waals surface area (Å²) in [5.74, 6) is 1.18. The molecule has 0 aromatic heterocycles. The van der Waals surface area contributed by atoms with E-state index in [-0.39, 0.29) is 18.7 Å². The van der Waals surface area contributed by atoms with Gasteiger partial charge < -0.3 is 20.1 Å². The predicted molar refractivity (Wildman–Crippen MR) is 99.1 cm³/mol. The number of urea groups is 1. The summed E-state index contributed by atoms with van der Waals surface area (Å²) in [6, 6.07) is 5.58. The van der Waals surface area contributed by atoms with E-state index in [0.29, 0.717) is 18.6 Å². The number of likely N-dealkylation sites (tertiary alicyclic amines) is 1. The molecular weight excluding hydrogens is 316 g/mol. The Morgan fingerprint density at radius 3 is 2.76 bits per heavy atom. The van der Waals surface area contributed by atoms with E-state index in [1.165, 1.54) is 12.8 Å². The van der Waals surface area contributed by atoms with Crippen molar-refractivity contribution in [1.29, 1.82) is 0 Å². The molecule has 3 rings (SSSR count). The zero-order valence-electron chi connectivity index (χ0n) is 15.3. The molecule has 2 atom stereocenters. The number of nitrogens with zero attached hydrogens (tertiary/aromatic N) is 1. The van der Waals surface area contributed by atoms with Gasteiger partial charge in [-0.2, -0.15) is 0 Å². The maximum absolute atomic E-state index is 12.8. The molecule has 138 valence electrons. The highest BCUT2D eigenvalue weighted by Gasteiger charge is 2.31. The van der Waals surface area contributed by atoms with Crippen molar-refractivity contribution in [1.82, 2.24) is 4.90 Å². The number of rotatable bonds is 4. The van der Waals surface area contributed by atoms with Gasteiger partial charge in [-0.1, -0.05) is 13.0 Å². The van der Waals surface area contributed by atoms with Crippen molar-refractivity contribution in [3.8, 4) is 5.75 Å². The molecule has 1 heterocycles. The zero-order chi connectivity index (χ0) is 17.8. The standard InChI is InChI=1S/C20H30N2O3/c1-14-7-6-12-22(18(14)13-23)20(24)21-17-10-5-11-19(15(17)2)25-16-8-3-4-9-16/h5,10-11,14,16,18,23H,3-4,6-9,12-13H2,1-2H3,(H,21,24). The molecule has 25 heavy (non-hydrogen) atoms. The second kappa shape index (κ2) is 8.09. The molecule has 5 heteroatoms. The third-order valence-electron chi connectivity index (χ3n) is 5.69. The fourth-order valence-corrected chi connectivity index (χ4v) is 4.03. The number of piperidine rings is 1. The van der Waals surface area contributed by atoms with E-state index in [0.717, 1.165) is 42.7 Å². The first-order valence-corrected chi connectivity index (χ1v) is 9.55. The number of hydrogen-bond acceptors (Lipinski definition) is 3. The Bertz CT molecular complexity index is 599. The smallest absolute Gasteiger partial charge is 0.322 e. The number of aliphatic hydroxyl groups excluding tert-OH is 1. The monoisotopic (exact) mass is 346 g/mol. The third-order valence-corrected chi connectivity index (χ3v) is 5.69. The fourth-order valence-electron chi connectivity index (χ4n) is 4.03. The quantitative estimate of drug-likeness (QED) is 0.868. The number of amides is 2. The first-order valence-electron chi connectivity index (χ1n) is 9.55. The van der Waals surface area contributed by atoms with E-state index in [1.54, 1.807) is 4.90 Å². The summed E-state index contributed by atoms with van der Waals surface area (Å²) in [5.41, 5.74) is 1.75. The van der Waals surface area contributed by atoms with Gasteiger partial charge in [-0.05, 0) is 63.5 Å². The van der Waals surface area contributed by atoms with Crippen molar-refractivity contribution >= 4 is 11.7 Å². The van der Waals surface area contributed by atoms with E-state index >= 15 is 0 Å². The Morgan fingerprint density at radius 1 is 1.28 bits per heavy atom. The van der Waals surface area contributed by atoms with Crippen LogP contribution in [0.25, 0.3) is 0 Å². The third kappa shape index (κ3) is 4.09. The van der Waals surface area contributed by atoms with Gasteiger partial charge in [0.15, 0.2) is 0 Å². The largest absolute Gasteiger partial charge is 0.490 e. The van der Waals surface area contributed by atoms with Crippen LogP contribution in [0.15, 0.2) is 18.2 Å². The van der Waals surface area contributed by atoms with Crippen LogP contribution >= 0.6 is 0 Å². The van der Waals surface area contributed by atoms with Crippen molar-refractivity contribution in [2.24, 2.45) is 5.92 Å². The number of benzene rings is 1. The number of hydrogen-bond donors (Lipinski definition) is 2. The minimum Gasteiger partial charge on any atom is -0.490 e. The molecule has 2 amide bonds. The van der Waals surface area contributed by atoms with Crippen LogP contribution < -0.4 is 10.1 Å². The lowest BCUT2D eigenvalue weighted by Crippen LogP contribution is -2.51. The summed E-state index contributed by atoms with van der Waals surface area (Å²) in [4.78, 5) is 14.5. The number of aliphatic hydroxyl groups is 1. The van der Waals surface area contributed by atoms with Crippen LogP contribution in [0.3, 0.4) is 0 Å². The molecule has 1 aromatic carbocycles. The molecule has 0 radical (unpaired) electrons. The van der Waals surface area contributed by atoms with Crippen molar-refractivity contribution in [3.63, 3.8) is 0 Å². The average Bonchev–Trinajstić information content (AvgIpc) is 3.11. The summed E-state index contributed by atoms with van der Waals surface area (Å²) in [7, 11) is 0. The Hall–Kier alpha value is -1.75. The first-order chi connectivity index (χ1) is 12.1. The highest BCUT2D eigenvalue weighted by atomic mass is 16.5. The lowest BCUT2D eigenvalue weighted by molar-refractivity contribution is 0.0811. The summed E-state index contributed by atoms with van der Waals surface area (Å²) in [6.07, 6.45) is 7.02. The number of anilines is 1. The molecule has 2 fully saturated rings. The van der Waals surface area contributed by atoms with E-state index in [4.69, 9.17) is 4.74 Å². The summed E-state index contributed by atoms with van der Waals surface area (Å²) < 4.78 is 6.13. The van der Waals surface area contributed by atoms with Gasteiger partial charge in [0.05, 0.1) is 18.8 Å². The molecule has 1 aliphatic carbocycles. The van der Waals surface area contributed by atoms with Gasteiger partial charge in [-0.3, -0.25) is 0 Å². The van der Waals surface area contributed by atoms with Crippen LogP contribution in [-0.4, -0.2) is 41.3 Å². The van der Waals surface area contributed by atoms with Gasteiger partial charge in [0.2, 0.25) is 0 Å². The Kier molecular flexibility index (Phi) is 5.84. The molecule has 2 unspecified atom stereocenters. The number of carbonyl (C=O) groups excluding carboxylic acids is 1. The van der Waals surface area contributed by atoms with Gasteiger partial charge in [-0.15, -0.1) is 0 Å². The Morgan fingerprint density at radius 2 is 2.04 bits per heavy atom. The van der Waals surface area contributed by atoms with Crippen LogP contribution in [0.4, 0.5) is 10.5 Å². The topological polar surface area (TPSA) is 61.8 Å². The summed E-state index contributed by atoms with van der Waals surface area (Å²) in [6.45, 7) is 4.79. The van der Waals surface area contributed by atoms with Gasteiger partial charge in [0, 0.05) is 17.8 Å². The van der Waals surface area contributed by atoms with Crippen LogP contribution in [0.2, 0.25) is 0 Å². The van der Waals surface area contributed by atoms with Crippen LogP contribution in [0.5, 0.6) is 5.75 Å². The molecule has 2 aliphatic rings. The van der Waals surface area contributed by atoms with E-state index in [2.05, 4.69) is 12.2 Å². The van der Waals surface area contributed by atoms with Crippen molar-refractivity contribution < 1.29 is 14.6 Å². The maximum Gasteiger partial charge on any atom is 0.322 e. The average molecular weight is 346 g/mol. The van der Waals surface area contributed by atoms with Crippen molar-refractivity contribution in [2.75, 3.05) is 18.5 Å². The fraction of sp³-hybridized carbons (Fsp3) is 0.650. The highest BCUT2D eigenvalue weighted by molar-refractivity contribution is 5.90. The van der Waals surface area contributed by atoms with Crippen LogP contribution in [0, 0.1) is 12.8 Å². The normalized spacial score (nSPS) is 24.4. The summed E-state index contributed by atoms with van der Waals surface area (Å²) >= 11 is 0. The number of ether oxygens (including phenoxy) is 1. The highest BCUT2D eigenvalue weighted by Crippen LogP contribution is 2.31. The van der Waals surface area contributed by atoms with Crippen LogP contribution in [-0.2, 0) is 0 Å². The molecule has 1 saturated carbocycles. The van der Waals surface area contributed by atoms with Crippen molar-refractivity contribution in [3.05, 3.63) is 23.8 Å². The number of nitrogens with one attached hydrogen (secondary N) is 1. The van der Waals surface area contributed by atoms with Gasteiger partial charge >= 0.3 is 6.03 Å². The molecule has 2 N–H and O–H groups in total. The molecule has 1 saturated heterocycles. The predicted octanol–water partition coefficient (Wildman–Crippen LogP) is 3.94. The second-order valence-corrected chi connectivity index (χ2v) is 7.45. The number of carbonyl (C=O) groups is 1. The van der Waals surface area contributed by atoms with E-state index in [9.17, 15) is 9.90 Å². The van der Waals surface area contributed by atoms with Gasteiger partial charge in [0.25, 0.3) is 0 Å². The van der Waals surface area contributed by atoms with Gasteiger partial charge in [0.1, 0.15) is 5.75 Å².